The van der Waals surface area contributed by atoms with E-state index >= 15 is 0 Å². The number of hydrogen-bond donors (Lipinski definition) is 1. The molecule has 0 amide bonds. The van der Waals surface area contributed by atoms with Gasteiger partial charge in [-0.05, 0) is 50.3 Å². The van der Waals surface area contributed by atoms with Crippen molar-refractivity contribution in [2.45, 2.75) is 45.9 Å². The summed E-state index contributed by atoms with van der Waals surface area (Å²) in [6.07, 6.45) is 0.899. The fraction of sp³-hybridized carbons (Fsp3) is 0.409. The van der Waals surface area contributed by atoms with Gasteiger partial charge in [0.15, 0.2) is 0 Å². The molecule has 0 unspecified atom stereocenters. The van der Waals surface area contributed by atoms with Crippen LogP contribution in [0.5, 0.6) is 5.75 Å². The van der Waals surface area contributed by atoms with Crippen molar-refractivity contribution in [2.24, 2.45) is 5.41 Å². The number of fused-ring (bicyclic) bond motifs is 1. The van der Waals surface area contributed by atoms with E-state index in [9.17, 15) is 19.4 Å². The van der Waals surface area contributed by atoms with Crippen molar-refractivity contribution in [1.82, 2.24) is 0 Å². The number of carbonyl (C=O) groups excluding carboxylic acids is 3. The third-order valence-electron chi connectivity index (χ3n) is 4.87. The fourth-order valence-corrected chi connectivity index (χ4v) is 3.95. The standard InChI is InChI=1S/C22H25BO7S/c1-22(2,3)21(26)29-13-28-20(25)18-8-4-6-14-10-15(23(27)30-19(14)18)11-16(24)12-17-7-5-9-31-17/h4-9,15,27H,10-13H2,1-3H3/t15-/m1/s1. The molecule has 1 N–H and O–H groups in total. The summed E-state index contributed by atoms with van der Waals surface area (Å²) < 4.78 is 15.6. The SMILES string of the molecule is CC(C)(C)C(=O)OCOC(=O)c1cccc2c1OB(O)[C@@H](CC(=O)Cc1cccs1)C2. The number of esters is 2. The Morgan fingerprint density at radius 2 is 1.97 bits per heavy atom. The van der Waals surface area contributed by atoms with Crippen LogP contribution >= 0.6 is 11.3 Å². The first-order valence-electron chi connectivity index (χ1n) is 10.00. The summed E-state index contributed by atoms with van der Waals surface area (Å²) in [4.78, 5) is 37.6. The molecule has 0 radical (unpaired) electrons. The number of hydrogen-bond acceptors (Lipinski definition) is 8. The molecule has 1 aliphatic rings. The van der Waals surface area contributed by atoms with Gasteiger partial charge in [0.1, 0.15) is 17.1 Å². The molecule has 9 heteroatoms. The summed E-state index contributed by atoms with van der Waals surface area (Å²) in [5.74, 6) is -1.37. The highest BCUT2D eigenvalue weighted by atomic mass is 32.1. The predicted octanol–water partition coefficient (Wildman–Crippen LogP) is 3.44. The molecular weight excluding hydrogens is 419 g/mol. The number of ketones is 1. The topological polar surface area (TPSA) is 99.1 Å². The van der Waals surface area contributed by atoms with E-state index in [1.807, 2.05) is 17.5 Å². The average molecular weight is 444 g/mol. The Labute approximate surface area is 185 Å². The Kier molecular flexibility index (Phi) is 7.17. The largest absolute Gasteiger partial charge is 0.535 e. The lowest BCUT2D eigenvalue weighted by Gasteiger charge is -2.28. The average Bonchev–Trinajstić information content (AvgIpc) is 3.20. The van der Waals surface area contributed by atoms with Gasteiger partial charge in [-0.25, -0.2) is 4.79 Å². The monoisotopic (exact) mass is 444 g/mol. The smallest absolute Gasteiger partial charge is 0.526 e. The molecule has 2 heterocycles. The van der Waals surface area contributed by atoms with Gasteiger partial charge < -0.3 is 19.2 Å². The summed E-state index contributed by atoms with van der Waals surface area (Å²) in [6.45, 7) is 4.58. The minimum absolute atomic E-state index is 0.0229. The molecule has 0 bridgehead atoms. The molecule has 1 aliphatic heterocycles. The van der Waals surface area contributed by atoms with Gasteiger partial charge in [0, 0.05) is 23.5 Å². The lowest BCUT2D eigenvalue weighted by atomic mass is 9.64. The van der Waals surface area contributed by atoms with Crippen LogP contribution in [0, 0.1) is 5.41 Å². The van der Waals surface area contributed by atoms with Gasteiger partial charge in [-0.1, -0.05) is 18.2 Å². The Bertz CT molecular complexity index is 949. The zero-order valence-electron chi connectivity index (χ0n) is 17.8. The number of benzene rings is 1. The van der Waals surface area contributed by atoms with Crippen molar-refractivity contribution in [3.8, 4) is 5.75 Å². The van der Waals surface area contributed by atoms with Crippen LogP contribution in [0.2, 0.25) is 5.82 Å². The van der Waals surface area contributed by atoms with Gasteiger partial charge in [0.05, 0.1) is 5.41 Å². The third kappa shape index (κ3) is 5.95. The molecule has 1 aromatic heterocycles. The molecular formula is C22H25BO7S. The van der Waals surface area contributed by atoms with E-state index in [2.05, 4.69) is 0 Å². The number of para-hydroxylation sites is 1. The van der Waals surface area contributed by atoms with Crippen molar-refractivity contribution < 1.29 is 33.5 Å². The van der Waals surface area contributed by atoms with Crippen LogP contribution in [-0.2, 0) is 31.9 Å². The van der Waals surface area contributed by atoms with Gasteiger partial charge >= 0.3 is 19.1 Å². The van der Waals surface area contributed by atoms with Crippen LogP contribution in [0.25, 0.3) is 0 Å². The maximum Gasteiger partial charge on any atom is 0.526 e. The molecule has 7 nitrogen and oxygen atoms in total. The van der Waals surface area contributed by atoms with E-state index in [4.69, 9.17) is 14.1 Å². The predicted molar refractivity (Wildman–Crippen MR) is 116 cm³/mol. The molecule has 0 spiro atoms. The number of thiophene rings is 1. The highest BCUT2D eigenvalue weighted by Crippen LogP contribution is 2.36. The molecule has 0 saturated heterocycles. The van der Waals surface area contributed by atoms with E-state index in [0.717, 1.165) is 4.88 Å². The van der Waals surface area contributed by atoms with Crippen LogP contribution in [-0.4, -0.2) is 36.7 Å². The molecule has 31 heavy (non-hydrogen) atoms. The van der Waals surface area contributed by atoms with E-state index < -0.39 is 37.1 Å². The fourth-order valence-electron chi connectivity index (χ4n) is 3.22. The van der Waals surface area contributed by atoms with Crippen molar-refractivity contribution >= 4 is 36.2 Å². The summed E-state index contributed by atoms with van der Waals surface area (Å²) in [7, 11) is -1.22. The first-order chi connectivity index (χ1) is 14.6. The van der Waals surface area contributed by atoms with Gasteiger partial charge in [-0.2, -0.15) is 0 Å². The minimum Gasteiger partial charge on any atom is -0.535 e. The molecule has 0 saturated carbocycles. The second-order valence-electron chi connectivity index (χ2n) is 8.50. The van der Waals surface area contributed by atoms with Crippen LogP contribution < -0.4 is 4.65 Å². The second kappa shape index (κ2) is 9.66. The van der Waals surface area contributed by atoms with Crippen molar-refractivity contribution in [2.75, 3.05) is 6.79 Å². The quantitative estimate of drug-likeness (QED) is 0.397. The van der Waals surface area contributed by atoms with Crippen molar-refractivity contribution in [3.05, 3.63) is 51.7 Å². The molecule has 0 aliphatic carbocycles. The molecule has 1 atom stereocenters. The van der Waals surface area contributed by atoms with Crippen molar-refractivity contribution in [1.29, 1.82) is 0 Å². The van der Waals surface area contributed by atoms with Crippen molar-refractivity contribution in [3.63, 3.8) is 0 Å². The summed E-state index contributed by atoms with van der Waals surface area (Å²) >= 11 is 1.52. The lowest BCUT2D eigenvalue weighted by molar-refractivity contribution is -0.161. The molecule has 2 aromatic rings. The molecule has 0 fully saturated rings. The van der Waals surface area contributed by atoms with Crippen LogP contribution in [0.3, 0.4) is 0 Å². The summed E-state index contributed by atoms with van der Waals surface area (Å²) in [6, 6.07) is 8.79. The van der Waals surface area contributed by atoms with Gasteiger partial charge in [-0.3, -0.25) is 9.59 Å². The molecule has 3 rings (SSSR count). The zero-order valence-corrected chi connectivity index (χ0v) is 18.6. The number of Topliss-reactive ketones (excluding diaryl/α,β-unsaturated/α-hetero) is 1. The van der Waals surface area contributed by atoms with Gasteiger partial charge in [0.2, 0.25) is 6.79 Å². The van der Waals surface area contributed by atoms with E-state index in [1.165, 1.54) is 17.4 Å². The van der Waals surface area contributed by atoms with Gasteiger partial charge in [0.25, 0.3) is 0 Å². The van der Waals surface area contributed by atoms with E-state index in [-0.39, 0.29) is 23.5 Å². The Balaban J connectivity index is 1.62. The minimum atomic E-state index is -1.22. The Morgan fingerprint density at radius 1 is 1.19 bits per heavy atom. The van der Waals surface area contributed by atoms with Crippen LogP contribution in [0.4, 0.5) is 0 Å². The van der Waals surface area contributed by atoms with Crippen LogP contribution in [0.15, 0.2) is 35.7 Å². The second-order valence-corrected chi connectivity index (χ2v) is 9.53. The number of ether oxygens (including phenoxy) is 2. The normalized spacial score (nSPS) is 15.6. The van der Waals surface area contributed by atoms with E-state index in [0.29, 0.717) is 18.4 Å². The summed E-state index contributed by atoms with van der Waals surface area (Å²) in [5.41, 5.74) is 0.133. The van der Waals surface area contributed by atoms with Gasteiger partial charge in [-0.15, -0.1) is 11.3 Å². The summed E-state index contributed by atoms with van der Waals surface area (Å²) in [5, 5.41) is 12.4. The lowest BCUT2D eigenvalue weighted by Crippen LogP contribution is -2.36. The Morgan fingerprint density at radius 3 is 2.65 bits per heavy atom. The maximum absolute atomic E-state index is 12.5. The number of carbonyl (C=O) groups is 3. The highest BCUT2D eigenvalue weighted by Gasteiger charge is 2.38. The first-order valence-corrected chi connectivity index (χ1v) is 10.9. The zero-order chi connectivity index (χ0) is 22.6. The Hall–Kier alpha value is -2.65. The maximum atomic E-state index is 12.5. The number of rotatable bonds is 7. The third-order valence-corrected chi connectivity index (χ3v) is 5.75. The first kappa shape index (κ1) is 23.0. The highest BCUT2D eigenvalue weighted by molar-refractivity contribution is 7.10. The van der Waals surface area contributed by atoms with Crippen LogP contribution in [0.1, 0.15) is 48.0 Å². The molecule has 164 valence electrons. The molecule has 1 aromatic carbocycles. The van der Waals surface area contributed by atoms with E-state index in [1.54, 1.807) is 32.9 Å².